The largest absolute Gasteiger partial charge is 0.494 e. The molecule has 1 aromatic rings. The third-order valence-electron chi connectivity index (χ3n) is 3.60. The van der Waals surface area contributed by atoms with Crippen LogP contribution in [0.2, 0.25) is 0 Å². The first-order valence-corrected chi connectivity index (χ1v) is 6.85. The number of aliphatic hydroxyl groups excluding tert-OH is 1. The van der Waals surface area contributed by atoms with Gasteiger partial charge in [-0.1, -0.05) is 0 Å². The Bertz CT molecular complexity index is 605. The standard InChI is InChI=1S/C14H16N2O6/c1-20-12-6-9(15-4-5-21-13(15)18)2-3-11(12)16-7-10(8-17)22-14(16)19/h2-3,6,10,17H,4-5,7-8H2,1H3. The fraction of sp³-hybridized carbons (Fsp3) is 0.429. The van der Waals surface area contributed by atoms with Crippen molar-refractivity contribution in [1.82, 2.24) is 0 Å². The van der Waals surface area contributed by atoms with Gasteiger partial charge in [0.25, 0.3) is 0 Å². The van der Waals surface area contributed by atoms with E-state index in [0.29, 0.717) is 30.3 Å². The Morgan fingerprint density at radius 3 is 2.73 bits per heavy atom. The van der Waals surface area contributed by atoms with Gasteiger partial charge < -0.3 is 19.3 Å². The normalized spacial score (nSPS) is 21.1. The molecule has 0 aromatic heterocycles. The number of rotatable bonds is 4. The summed E-state index contributed by atoms with van der Waals surface area (Å²) in [4.78, 5) is 26.3. The lowest BCUT2D eigenvalue weighted by molar-refractivity contribution is 0.0963. The van der Waals surface area contributed by atoms with E-state index < -0.39 is 18.3 Å². The second-order valence-corrected chi connectivity index (χ2v) is 4.92. The highest BCUT2D eigenvalue weighted by molar-refractivity contribution is 5.94. The van der Waals surface area contributed by atoms with E-state index in [0.717, 1.165) is 0 Å². The molecule has 2 aliphatic rings. The number of hydrogen-bond acceptors (Lipinski definition) is 6. The zero-order valence-corrected chi connectivity index (χ0v) is 12.0. The van der Waals surface area contributed by atoms with Crippen molar-refractivity contribution in [3.8, 4) is 5.75 Å². The van der Waals surface area contributed by atoms with Crippen LogP contribution < -0.4 is 14.5 Å². The molecule has 0 radical (unpaired) electrons. The number of nitrogens with zero attached hydrogens (tertiary/aromatic N) is 2. The minimum absolute atomic E-state index is 0.234. The van der Waals surface area contributed by atoms with Crippen LogP contribution in [-0.4, -0.2) is 56.8 Å². The van der Waals surface area contributed by atoms with Gasteiger partial charge in [0.15, 0.2) is 0 Å². The third-order valence-corrected chi connectivity index (χ3v) is 3.60. The van der Waals surface area contributed by atoms with Gasteiger partial charge in [-0.2, -0.15) is 0 Å². The Balaban J connectivity index is 1.89. The van der Waals surface area contributed by atoms with E-state index in [2.05, 4.69) is 0 Å². The Hall–Kier alpha value is -2.48. The number of benzene rings is 1. The molecular formula is C14H16N2O6. The van der Waals surface area contributed by atoms with Crippen molar-refractivity contribution in [2.24, 2.45) is 0 Å². The van der Waals surface area contributed by atoms with Gasteiger partial charge in [0.1, 0.15) is 18.5 Å². The van der Waals surface area contributed by atoms with E-state index in [9.17, 15) is 9.59 Å². The number of carbonyl (C=O) groups is 2. The Morgan fingerprint density at radius 1 is 1.32 bits per heavy atom. The summed E-state index contributed by atoms with van der Waals surface area (Å²) in [5, 5.41) is 9.10. The minimum Gasteiger partial charge on any atom is -0.494 e. The fourth-order valence-corrected chi connectivity index (χ4v) is 2.50. The summed E-state index contributed by atoms with van der Waals surface area (Å²) in [6.45, 7) is 0.832. The van der Waals surface area contributed by atoms with E-state index in [1.165, 1.54) is 16.9 Å². The van der Waals surface area contributed by atoms with E-state index in [4.69, 9.17) is 19.3 Å². The Kier molecular flexibility index (Phi) is 3.76. The number of carbonyl (C=O) groups excluding carboxylic acids is 2. The van der Waals surface area contributed by atoms with Gasteiger partial charge in [0.05, 0.1) is 38.2 Å². The zero-order chi connectivity index (χ0) is 15.7. The summed E-state index contributed by atoms with van der Waals surface area (Å²) in [5.74, 6) is 0.438. The summed E-state index contributed by atoms with van der Waals surface area (Å²) in [5.41, 5.74) is 1.16. The quantitative estimate of drug-likeness (QED) is 0.891. The second-order valence-electron chi connectivity index (χ2n) is 4.92. The second kappa shape index (κ2) is 5.72. The molecule has 2 heterocycles. The van der Waals surface area contributed by atoms with Crippen molar-refractivity contribution in [2.75, 3.05) is 43.2 Å². The summed E-state index contributed by atoms with van der Waals surface area (Å²) >= 11 is 0. The first kappa shape index (κ1) is 14.5. The maximum absolute atomic E-state index is 11.9. The van der Waals surface area contributed by atoms with Crippen LogP contribution >= 0.6 is 0 Å². The van der Waals surface area contributed by atoms with Crippen LogP contribution in [0.1, 0.15) is 0 Å². The van der Waals surface area contributed by atoms with Crippen LogP contribution in [0, 0.1) is 0 Å². The third kappa shape index (κ3) is 2.41. The van der Waals surface area contributed by atoms with Crippen LogP contribution in [0.4, 0.5) is 21.0 Å². The number of aliphatic hydroxyl groups is 1. The monoisotopic (exact) mass is 308 g/mol. The van der Waals surface area contributed by atoms with Gasteiger partial charge >= 0.3 is 12.2 Å². The predicted molar refractivity (Wildman–Crippen MR) is 76.4 cm³/mol. The fourth-order valence-electron chi connectivity index (χ4n) is 2.50. The SMILES string of the molecule is COc1cc(N2CCOC2=O)ccc1N1CC(CO)OC1=O. The van der Waals surface area contributed by atoms with Crippen LogP contribution in [-0.2, 0) is 9.47 Å². The van der Waals surface area contributed by atoms with Crippen molar-refractivity contribution < 1.29 is 28.9 Å². The van der Waals surface area contributed by atoms with Crippen LogP contribution in [0.5, 0.6) is 5.75 Å². The van der Waals surface area contributed by atoms with Gasteiger partial charge in [-0.25, -0.2) is 9.59 Å². The zero-order valence-electron chi connectivity index (χ0n) is 12.0. The molecule has 0 aliphatic carbocycles. The maximum Gasteiger partial charge on any atom is 0.414 e. The molecule has 1 unspecified atom stereocenters. The molecule has 1 atom stereocenters. The average molecular weight is 308 g/mol. The molecule has 8 heteroatoms. The lowest BCUT2D eigenvalue weighted by Crippen LogP contribution is -2.26. The van der Waals surface area contributed by atoms with Crippen LogP contribution in [0.15, 0.2) is 18.2 Å². The molecule has 3 rings (SSSR count). The highest BCUT2D eigenvalue weighted by atomic mass is 16.6. The molecule has 2 fully saturated rings. The van der Waals surface area contributed by atoms with Crippen molar-refractivity contribution in [1.29, 1.82) is 0 Å². The molecule has 8 nitrogen and oxygen atoms in total. The number of ether oxygens (including phenoxy) is 3. The Labute approximate surface area is 126 Å². The van der Waals surface area contributed by atoms with Gasteiger partial charge in [-0.15, -0.1) is 0 Å². The molecule has 22 heavy (non-hydrogen) atoms. The van der Waals surface area contributed by atoms with Crippen LogP contribution in [0.3, 0.4) is 0 Å². The lowest BCUT2D eigenvalue weighted by atomic mass is 10.2. The van der Waals surface area contributed by atoms with Crippen molar-refractivity contribution in [3.05, 3.63) is 18.2 Å². The van der Waals surface area contributed by atoms with Crippen molar-refractivity contribution in [3.63, 3.8) is 0 Å². The minimum atomic E-state index is -0.551. The maximum atomic E-state index is 11.9. The predicted octanol–water partition coefficient (Wildman–Crippen LogP) is 0.969. The molecule has 0 saturated carbocycles. The van der Waals surface area contributed by atoms with E-state index in [-0.39, 0.29) is 13.2 Å². The first-order chi connectivity index (χ1) is 10.6. The molecule has 2 amide bonds. The molecule has 0 spiro atoms. The number of anilines is 2. The number of hydrogen-bond donors (Lipinski definition) is 1. The summed E-state index contributed by atoms with van der Waals surface area (Å²) < 4.78 is 15.2. The lowest BCUT2D eigenvalue weighted by Gasteiger charge is -2.19. The van der Waals surface area contributed by atoms with Gasteiger partial charge in [0.2, 0.25) is 0 Å². The number of methoxy groups -OCH3 is 1. The number of amides is 2. The molecule has 0 bridgehead atoms. The molecule has 2 saturated heterocycles. The van der Waals surface area contributed by atoms with Gasteiger partial charge in [-0.05, 0) is 12.1 Å². The highest BCUT2D eigenvalue weighted by Gasteiger charge is 2.34. The van der Waals surface area contributed by atoms with E-state index in [1.807, 2.05) is 0 Å². The van der Waals surface area contributed by atoms with Gasteiger partial charge in [-0.3, -0.25) is 9.80 Å². The topological polar surface area (TPSA) is 88.5 Å². The number of cyclic esters (lactones) is 2. The first-order valence-electron chi connectivity index (χ1n) is 6.85. The molecule has 118 valence electrons. The smallest absolute Gasteiger partial charge is 0.414 e. The summed E-state index contributed by atoms with van der Waals surface area (Å²) in [6, 6.07) is 5.06. The molecule has 2 aliphatic heterocycles. The molecule has 1 aromatic carbocycles. The highest BCUT2D eigenvalue weighted by Crippen LogP contribution is 2.35. The van der Waals surface area contributed by atoms with E-state index in [1.54, 1.807) is 18.2 Å². The molecular weight excluding hydrogens is 292 g/mol. The van der Waals surface area contributed by atoms with Crippen molar-refractivity contribution >= 4 is 23.6 Å². The van der Waals surface area contributed by atoms with E-state index >= 15 is 0 Å². The summed E-state index contributed by atoms with van der Waals surface area (Å²) in [7, 11) is 1.48. The van der Waals surface area contributed by atoms with Crippen molar-refractivity contribution in [2.45, 2.75) is 6.10 Å². The van der Waals surface area contributed by atoms with Crippen LogP contribution in [0.25, 0.3) is 0 Å². The van der Waals surface area contributed by atoms with Gasteiger partial charge in [0, 0.05) is 6.07 Å². The molecule has 1 N–H and O–H groups in total. The average Bonchev–Trinajstić information content (AvgIpc) is 3.12. The Morgan fingerprint density at radius 2 is 2.14 bits per heavy atom. The summed E-state index contributed by atoms with van der Waals surface area (Å²) in [6.07, 6.45) is -1.49.